The third-order valence-electron chi connectivity index (χ3n) is 2.54. The van der Waals surface area contributed by atoms with Crippen LogP contribution in [0.15, 0.2) is 30.3 Å². The summed E-state index contributed by atoms with van der Waals surface area (Å²) in [6, 6.07) is 9.73. The fourth-order valence-electron chi connectivity index (χ4n) is 1.63. The second-order valence-electron chi connectivity index (χ2n) is 3.85. The van der Waals surface area contributed by atoms with Crippen LogP contribution in [0.5, 0.6) is 0 Å². The van der Waals surface area contributed by atoms with Crippen LogP contribution >= 0.6 is 0 Å². The van der Waals surface area contributed by atoms with Gasteiger partial charge in [0.1, 0.15) is 13.2 Å². The highest BCUT2D eigenvalue weighted by atomic mass is 16.5. The maximum atomic E-state index is 11.1. The van der Waals surface area contributed by atoms with Gasteiger partial charge in [0.2, 0.25) is 5.91 Å². The third-order valence-corrected chi connectivity index (χ3v) is 2.54. The summed E-state index contributed by atoms with van der Waals surface area (Å²) in [6.45, 7) is 1.75. The van der Waals surface area contributed by atoms with Gasteiger partial charge in [0.15, 0.2) is 0 Å². The number of piperazine rings is 1. The van der Waals surface area contributed by atoms with Crippen molar-refractivity contribution in [3.8, 4) is 0 Å². The van der Waals surface area contributed by atoms with Crippen LogP contribution in [0.25, 0.3) is 0 Å². The van der Waals surface area contributed by atoms with E-state index < -0.39 is 0 Å². The summed E-state index contributed by atoms with van der Waals surface area (Å²) < 4.78 is 5.35. The lowest BCUT2D eigenvalue weighted by Gasteiger charge is -2.27. The van der Waals surface area contributed by atoms with E-state index in [2.05, 4.69) is 5.32 Å². The molecule has 0 saturated carbocycles. The van der Waals surface area contributed by atoms with Gasteiger partial charge < -0.3 is 15.0 Å². The van der Waals surface area contributed by atoms with E-state index in [1.54, 1.807) is 4.90 Å². The molecule has 2 rings (SSSR count). The number of hydrogen-bond donors (Lipinski definition) is 2. The van der Waals surface area contributed by atoms with Crippen molar-refractivity contribution in [2.24, 2.45) is 0 Å². The van der Waals surface area contributed by atoms with E-state index >= 15 is 0 Å². The molecule has 90 valence electrons. The van der Waals surface area contributed by atoms with Gasteiger partial charge in [-0.05, 0) is 5.56 Å². The molecule has 17 heavy (non-hydrogen) atoms. The van der Waals surface area contributed by atoms with Crippen LogP contribution in [0.3, 0.4) is 0 Å². The first kappa shape index (κ1) is 11.4. The molecular formula is C12H15N3O2. The lowest BCUT2D eigenvalue weighted by molar-refractivity contribution is -0.123. The SMILES string of the molecule is N=C(OCc1ccccc1)N1CCNC(=O)C1. The zero-order valence-corrected chi connectivity index (χ0v) is 9.48. The lowest BCUT2D eigenvalue weighted by atomic mass is 10.2. The number of carbonyl (C=O) groups excluding carboxylic acids is 1. The highest BCUT2D eigenvalue weighted by molar-refractivity contribution is 5.83. The molecule has 0 aromatic heterocycles. The average Bonchev–Trinajstić information content (AvgIpc) is 2.37. The van der Waals surface area contributed by atoms with Crippen LogP contribution in [0.1, 0.15) is 5.56 Å². The molecule has 0 spiro atoms. The molecule has 0 bridgehead atoms. The normalized spacial score (nSPS) is 15.3. The van der Waals surface area contributed by atoms with Gasteiger partial charge in [-0.15, -0.1) is 0 Å². The van der Waals surface area contributed by atoms with Gasteiger partial charge in [0.05, 0.1) is 0 Å². The molecule has 0 atom stereocenters. The second kappa shape index (κ2) is 5.34. The zero-order chi connectivity index (χ0) is 12.1. The summed E-state index contributed by atoms with van der Waals surface area (Å²) in [4.78, 5) is 12.8. The summed E-state index contributed by atoms with van der Waals surface area (Å²) in [6.07, 6.45) is 0. The van der Waals surface area contributed by atoms with Gasteiger partial charge in [0.25, 0.3) is 6.02 Å². The molecular weight excluding hydrogens is 218 g/mol. The number of nitrogens with one attached hydrogen (secondary N) is 2. The van der Waals surface area contributed by atoms with E-state index in [1.807, 2.05) is 30.3 Å². The number of nitrogens with zero attached hydrogens (tertiary/aromatic N) is 1. The monoisotopic (exact) mass is 233 g/mol. The minimum Gasteiger partial charge on any atom is -0.460 e. The molecule has 1 fully saturated rings. The summed E-state index contributed by atoms with van der Waals surface area (Å²) in [5.74, 6) is -0.0655. The van der Waals surface area contributed by atoms with Crippen LogP contribution in [-0.2, 0) is 16.1 Å². The van der Waals surface area contributed by atoms with Gasteiger partial charge >= 0.3 is 0 Å². The molecule has 0 radical (unpaired) electrons. The van der Waals surface area contributed by atoms with Crippen molar-refractivity contribution in [2.45, 2.75) is 6.61 Å². The highest BCUT2D eigenvalue weighted by Crippen LogP contribution is 2.03. The Bertz CT molecular complexity index is 405. The molecule has 1 saturated heterocycles. The van der Waals surface area contributed by atoms with Crippen LogP contribution in [0, 0.1) is 5.41 Å². The van der Waals surface area contributed by atoms with Crippen molar-refractivity contribution in [1.82, 2.24) is 10.2 Å². The Balaban J connectivity index is 1.83. The van der Waals surface area contributed by atoms with Crippen LogP contribution in [0.4, 0.5) is 0 Å². The molecule has 5 nitrogen and oxygen atoms in total. The topological polar surface area (TPSA) is 65.4 Å². The molecule has 1 amide bonds. The Kier molecular flexibility index (Phi) is 3.59. The summed E-state index contributed by atoms with van der Waals surface area (Å²) in [7, 11) is 0. The molecule has 1 aromatic carbocycles. The van der Waals surface area contributed by atoms with E-state index in [0.717, 1.165) is 5.56 Å². The number of rotatable bonds is 2. The van der Waals surface area contributed by atoms with Gasteiger partial charge in [-0.3, -0.25) is 10.2 Å². The highest BCUT2D eigenvalue weighted by Gasteiger charge is 2.19. The Morgan fingerprint density at radius 2 is 2.18 bits per heavy atom. The quantitative estimate of drug-likeness (QED) is 0.579. The van der Waals surface area contributed by atoms with Crippen LogP contribution < -0.4 is 5.32 Å². The van der Waals surface area contributed by atoms with Crippen molar-refractivity contribution < 1.29 is 9.53 Å². The maximum Gasteiger partial charge on any atom is 0.285 e. The summed E-state index contributed by atoms with van der Waals surface area (Å²) in [5.41, 5.74) is 1.01. The van der Waals surface area contributed by atoms with Crippen LogP contribution in [0.2, 0.25) is 0 Å². The molecule has 1 aromatic rings. The van der Waals surface area contributed by atoms with E-state index in [0.29, 0.717) is 19.7 Å². The first-order valence-corrected chi connectivity index (χ1v) is 5.52. The smallest absolute Gasteiger partial charge is 0.285 e. The predicted molar refractivity (Wildman–Crippen MR) is 63.5 cm³/mol. The van der Waals surface area contributed by atoms with Crippen molar-refractivity contribution in [2.75, 3.05) is 19.6 Å². The molecule has 0 unspecified atom stereocenters. The Labute approximate surface area is 99.9 Å². The van der Waals surface area contributed by atoms with Crippen LogP contribution in [-0.4, -0.2) is 36.5 Å². The fraction of sp³-hybridized carbons (Fsp3) is 0.333. The second-order valence-corrected chi connectivity index (χ2v) is 3.85. The molecule has 1 aliphatic heterocycles. The minimum atomic E-state index is -0.0655. The first-order valence-electron chi connectivity index (χ1n) is 5.52. The number of carbonyl (C=O) groups is 1. The minimum absolute atomic E-state index is 0.0590. The van der Waals surface area contributed by atoms with Crippen molar-refractivity contribution in [3.63, 3.8) is 0 Å². The summed E-state index contributed by atoms with van der Waals surface area (Å²) in [5, 5.41) is 10.5. The molecule has 1 heterocycles. The third kappa shape index (κ3) is 3.21. The standard InChI is InChI=1S/C12H15N3O2/c13-12(15-7-6-14-11(16)8-15)17-9-10-4-2-1-3-5-10/h1-5,13H,6-9H2,(H,14,16). The van der Waals surface area contributed by atoms with Gasteiger partial charge in [-0.25, -0.2) is 0 Å². The average molecular weight is 233 g/mol. The number of benzene rings is 1. The molecule has 0 aliphatic carbocycles. The molecule has 2 N–H and O–H groups in total. The molecule has 1 aliphatic rings. The maximum absolute atomic E-state index is 11.1. The molecule has 5 heteroatoms. The lowest BCUT2D eigenvalue weighted by Crippen LogP contribution is -2.50. The largest absolute Gasteiger partial charge is 0.460 e. The van der Waals surface area contributed by atoms with Gasteiger partial charge in [-0.2, -0.15) is 0 Å². The first-order chi connectivity index (χ1) is 8.25. The summed E-state index contributed by atoms with van der Waals surface area (Å²) >= 11 is 0. The predicted octanol–water partition coefficient (Wildman–Crippen LogP) is 0.570. The van der Waals surface area contributed by atoms with Gasteiger partial charge in [-0.1, -0.05) is 30.3 Å². The number of amides is 1. The number of ether oxygens (including phenoxy) is 1. The van der Waals surface area contributed by atoms with Crippen molar-refractivity contribution >= 4 is 11.9 Å². The fourth-order valence-corrected chi connectivity index (χ4v) is 1.63. The Morgan fingerprint density at radius 1 is 1.41 bits per heavy atom. The zero-order valence-electron chi connectivity index (χ0n) is 9.48. The number of hydrogen-bond acceptors (Lipinski definition) is 3. The van der Waals surface area contributed by atoms with Crippen molar-refractivity contribution in [3.05, 3.63) is 35.9 Å². The van der Waals surface area contributed by atoms with Crippen molar-refractivity contribution in [1.29, 1.82) is 5.41 Å². The number of amidine groups is 1. The van der Waals surface area contributed by atoms with E-state index in [4.69, 9.17) is 10.1 Å². The van der Waals surface area contributed by atoms with E-state index in [9.17, 15) is 4.79 Å². The Morgan fingerprint density at radius 3 is 2.88 bits per heavy atom. The van der Waals surface area contributed by atoms with E-state index in [-0.39, 0.29) is 18.5 Å². The van der Waals surface area contributed by atoms with Gasteiger partial charge in [0, 0.05) is 13.1 Å². The Hall–Kier alpha value is -2.04. The van der Waals surface area contributed by atoms with E-state index in [1.165, 1.54) is 0 Å².